The largest absolute Gasteiger partial charge is 0.508 e. The van der Waals surface area contributed by atoms with E-state index < -0.39 is 40.6 Å². The fourth-order valence-corrected chi connectivity index (χ4v) is 7.78. The van der Waals surface area contributed by atoms with E-state index in [0.29, 0.717) is 15.6 Å². The molecule has 0 bridgehead atoms. The highest BCUT2D eigenvalue weighted by atomic mass is 32.2. The van der Waals surface area contributed by atoms with Gasteiger partial charge in [-0.3, -0.25) is 23.7 Å². The van der Waals surface area contributed by atoms with Crippen molar-refractivity contribution in [3.63, 3.8) is 0 Å². The van der Waals surface area contributed by atoms with Crippen LogP contribution in [0.1, 0.15) is 16.4 Å². The third-order valence-corrected chi connectivity index (χ3v) is 9.35. The van der Waals surface area contributed by atoms with Crippen molar-refractivity contribution < 1.29 is 23.9 Å². The van der Waals surface area contributed by atoms with Crippen LogP contribution in [0.2, 0.25) is 0 Å². The zero-order valence-electron chi connectivity index (χ0n) is 20.1. The molecular weight excluding hydrogens is 541 g/mol. The molecular formula is C28H20FN3O5S2. The minimum Gasteiger partial charge on any atom is -0.508 e. The Hall–Kier alpha value is -4.22. The van der Waals surface area contributed by atoms with Gasteiger partial charge in [-0.25, -0.2) is 9.29 Å². The van der Waals surface area contributed by atoms with Crippen LogP contribution in [-0.4, -0.2) is 32.6 Å². The third-order valence-electron chi connectivity index (χ3n) is 6.75. The Morgan fingerprint density at radius 1 is 0.923 bits per heavy atom. The Kier molecular flexibility index (Phi) is 6.32. The first kappa shape index (κ1) is 25.1. The van der Waals surface area contributed by atoms with Crippen molar-refractivity contribution in [3.8, 4) is 5.75 Å². The van der Waals surface area contributed by atoms with E-state index in [1.54, 1.807) is 0 Å². The summed E-state index contributed by atoms with van der Waals surface area (Å²) in [6.45, 7) is -0.290. The summed E-state index contributed by atoms with van der Waals surface area (Å²) in [6, 6.07) is 20.3. The van der Waals surface area contributed by atoms with Crippen LogP contribution in [0, 0.1) is 11.7 Å². The van der Waals surface area contributed by atoms with Gasteiger partial charge in [0.2, 0.25) is 17.7 Å². The number of amides is 3. The standard InChI is InChI=1S/C28H20FN3O5S2/c29-16-6-10-18(11-7-16)32-25(35)22-21(15-4-2-1-3-5-15)24-27(38-23(22)26(32)36)31(28(37)39-24)14-20(34)30-17-8-12-19(33)13-9-17/h1-13,21-23,33H,14H2,(H,30,34)/t21-,22-,23+/m0/s1. The highest BCUT2D eigenvalue weighted by Gasteiger charge is 2.56. The summed E-state index contributed by atoms with van der Waals surface area (Å²) in [6.07, 6.45) is 0. The fourth-order valence-electron chi connectivity index (χ4n) is 5.01. The molecule has 0 unspecified atom stereocenters. The van der Waals surface area contributed by atoms with E-state index in [4.69, 9.17) is 0 Å². The maximum atomic E-state index is 13.8. The molecule has 6 rings (SSSR count). The molecule has 196 valence electrons. The summed E-state index contributed by atoms with van der Waals surface area (Å²) in [5.74, 6) is -3.10. The lowest BCUT2D eigenvalue weighted by Gasteiger charge is -2.30. The van der Waals surface area contributed by atoms with E-state index in [1.807, 2.05) is 30.3 Å². The molecule has 2 aliphatic rings. The number of hydrogen-bond donors (Lipinski definition) is 2. The number of phenolic OH excluding ortho intramolecular Hbond substituents is 1. The number of carbonyl (C=O) groups excluding carboxylic acids is 3. The van der Waals surface area contributed by atoms with Crippen LogP contribution in [0.15, 0.2) is 88.7 Å². The first-order chi connectivity index (χ1) is 18.8. The van der Waals surface area contributed by atoms with Gasteiger partial charge < -0.3 is 10.4 Å². The van der Waals surface area contributed by atoms with Crippen molar-refractivity contribution in [1.82, 2.24) is 4.57 Å². The molecule has 8 nitrogen and oxygen atoms in total. The molecule has 0 radical (unpaired) electrons. The smallest absolute Gasteiger partial charge is 0.308 e. The second-order valence-electron chi connectivity index (χ2n) is 9.16. The molecule has 0 spiro atoms. The number of benzene rings is 3. The molecule has 3 amide bonds. The molecule has 0 aliphatic carbocycles. The second kappa shape index (κ2) is 9.83. The summed E-state index contributed by atoms with van der Waals surface area (Å²) >= 11 is 2.07. The molecule has 3 heterocycles. The van der Waals surface area contributed by atoms with Crippen molar-refractivity contribution in [1.29, 1.82) is 0 Å². The van der Waals surface area contributed by atoms with E-state index in [0.717, 1.165) is 33.6 Å². The Bertz CT molecular complexity index is 1650. The first-order valence-corrected chi connectivity index (χ1v) is 13.7. The first-order valence-electron chi connectivity index (χ1n) is 12.0. The summed E-state index contributed by atoms with van der Waals surface area (Å²) in [7, 11) is 0. The fraction of sp³-hybridized carbons (Fsp3) is 0.143. The van der Waals surface area contributed by atoms with Gasteiger partial charge in [0.15, 0.2) is 0 Å². The molecule has 11 heteroatoms. The molecule has 3 aromatic carbocycles. The van der Waals surface area contributed by atoms with Crippen LogP contribution < -0.4 is 15.1 Å². The van der Waals surface area contributed by atoms with Crippen LogP contribution in [0.3, 0.4) is 0 Å². The third kappa shape index (κ3) is 4.43. The minimum absolute atomic E-state index is 0.0551. The molecule has 3 atom stereocenters. The molecule has 39 heavy (non-hydrogen) atoms. The lowest BCUT2D eigenvalue weighted by atomic mass is 9.83. The van der Waals surface area contributed by atoms with Crippen LogP contribution in [-0.2, 0) is 20.9 Å². The summed E-state index contributed by atoms with van der Waals surface area (Å²) < 4.78 is 14.9. The van der Waals surface area contributed by atoms with Crippen molar-refractivity contribution >= 4 is 52.2 Å². The number of phenols is 1. The molecule has 0 saturated carbocycles. The number of anilines is 2. The van der Waals surface area contributed by atoms with Crippen LogP contribution in [0.5, 0.6) is 5.75 Å². The number of aromatic nitrogens is 1. The molecule has 1 fully saturated rings. The predicted octanol–water partition coefficient (Wildman–Crippen LogP) is 4.19. The summed E-state index contributed by atoms with van der Waals surface area (Å²) in [4.78, 5) is 54.8. The summed E-state index contributed by atoms with van der Waals surface area (Å²) in [5.41, 5.74) is 1.51. The van der Waals surface area contributed by atoms with E-state index in [1.165, 1.54) is 53.1 Å². The van der Waals surface area contributed by atoms with Gasteiger partial charge in [0.1, 0.15) is 23.4 Å². The predicted molar refractivity (Wildman–Crippen MR) is 146 cm³/mol. The Balaban J connectivity index is 1.39. The average molecular weight is 562 g/mol. The number of aromatic hydroxyl groups is 1. The van der Waals surface area contributed by atoms with Crippen LogP contribution >= 0.6 is 23.1 Å². The lowest BCUT2D eigenvalue weighted by molar-refractivity contribution is -0.122. The zero-order chi connectivity index (χ0) is 27.3. The number of imide groups is 1. The maximum Gasteiger partial charge on any atom is 0.308 e. The number of fused-ring (bicyclic) bond motifs is 2. The van der Waals surface area contributed by atoms with Gasteiger partial charge in [-0.1, -0.05) is 53.4 Å². The lowest BCUT2D eigenvalue weighted by Crippen LogP contribution is -2.33. The van der Waals surface area contributed by atoms with Gasteiger partial charge in [-0.05, 0) is 54.1 Å². The normalized spacial score (nSPS) is 20.0. The minimum atomic E-state index is -0.833. The monoisotopic (exact) mass is 561 g/mol. The Labute approximate surface area is 229 Å². The van der Waals surface area contributed by atoms with Gasteiger partial charge in [-0.15, -0.1) is 0 Å². The van der Waals surface area contributed by atoms with Crippen molar-refractivity contribution in [2.45, 2.75) is 22.7 Å². The van der Waals surface area contributed by atoms with Gasteiger partial charge >= 0.3 is 4.87 Å². The number of nitrogens with one attached hydrogen (secondary N) is 1. The maximum absolute atomic E-state index is 13.8. The topological polar surface area (TPSA) is 109 Å². The molecule has 2 aliphatic heterocycles. The number of thiazole rings is 1. The van der Waals surface area contributed by atoms with Crippen molar-refractivity contribution in [2.75, 3.05) is 10.2 Å². The summed E-state index contributed by atoms with van der Waals surface area (Å²) in [5, 5.41) is 11.8. The van der Waals surface area contributed by atoms with Crippen molar-refractivity contribution in [2.24, 2.45) is 5.92 Å². The SMILES string of the molecule is O=C(Cn1c2c(sc1=O)[C@@H](c1ccccc1)[C@@H]1C(=O)N(c3ccc(F)cc3)C(=O)[C@@H]1S2)Nc1ccc(O)cc1. The van der Waals surface area contributed by atoms with E-state index in [-0.39, 0.29) is 22.9 Å². The van der Waals surface area contributed by atoms with E-state index >= 15 is 0 Å². The second-order valence-corrected chi connectivity index (χ2v) is 11.3. The molecule has 4 aromatic rings. The van der Waals surface area contributed by atoms with Crippen LogP contribution in [0.25, 0.3) is 0 Å². The van der Waals surface area contributed by atoms with Gasteiger partial charge in [0, 0.05) is 16.5 Å². The number of hydrogen-bond acceptors (Lipinski definition) is 7. The Morgan fingerprint density at radius 2 is 1.62 bits per heavy atom. The quantitative estimate of drug-likeness (QED) is 0.280. The highest BCUT2D eigenvalue weighted by molar-refractivity contribution is 8.00. The average Bonchev–Trinajstić information content (AvgIpc) is 3.37. The highest BCUT2D eigenvalue weighted by Crippen LogP contribution is 2.53. The van der Waals surface area contributed by atoms with E-state index in [2.05, 4.69) is 5.32 Å². The molecule has 1 aromatic heterocycles. The van der Waals surface area contributed by atoms with Crippen LogP contribution in [0.4, 0.5) is 15.8 Å². The van der Waals surface area contributed by atoms with Gasteiger partial charge in [0.05, 0.1) is 16.6 Å². The zero-order valence-corrected chi connectivity index (χ0v) is 21.7. The van der Waals surface area contributed by atoms with Gasteiger partial charge in [-0.2, -0.15) is 0 Å². The number of nitrogens with zero attached hydrogens (tertiary/aromatic N) is 2. The Morgan fingerprint density at radius 3 is 2.31 bits per heavy atom. The van der Waals surface area contributed by atoms with E-state index in [9.17, 15) is 28.7 Å². The van der Waals surface area contributed by atoms with Crippen molar-refractivity contribution in [3.05, 3.63) is 105 Å². The number of halogens is 1. The number of carbonyl (C=O) groups is 3. The number of thioether (sulfide) groups is 1. The molecule has 2 N–H and O–H groups in total. The van der Waals surface area contributed by atoms with Gasteiger partial charge in [0.25, 0.3) is 0 Å². The number of rotatable bonds is 5. The molecule has 1 saturated heterocycles.